The molecule has 8 nitrogen and oxygen atoms in total. The largest absolute Gasteiger partial charge is 0.356 e. The van der Waals surface area contributed by atoms with Crippen molar-refractivity contribution in [2.24, 2.45) is 0 Å². The van der Waals surface area contributed by atoms with E-state index in [9.17, 15) is 14.9 Å². The third kappa shape index (κ3) is 4.78. The van der Waals surface area contributed by atoms with E-state index in [1.807, 2.05) is 35.3 Å². The first-order chi connectivity index (χ1) is 15.0. The van der Waals surface area contributed by atoms with Crippen molar-refractivity contribution < 1.29 is 14.5 Å². The number of non-ortho nitro benzene ring substituents is 1. The zero-order valence-corrected chi connectivity index (χ0v) is 17.8. The monoisotopic (exact) mass is 438 g/mol. The van der Waals surface area contributed by atoms with Gasteiger partial charge in [0.1, 0.15) is 0 Å². The highest BCUT2D eigenvalue weighted by molar-refractivity contribution is 8.02. The molecule has 0 aliphatic carbocycles. The Morgan fingerprint density at radius 1 is 1.32 bits per heavy atom. The summed E-state index contributed by atoms with van der Waals surface area (Å²) in [5.41, 5.74) is 1.98. The molecule has 1 atom stereocenters. The Kier molecular flexibility index (Phi) is 6.34. The zero-order valence-electron chi connectivity index (χ0n) is 17.0. The highest BCUT2D eigenvalue weighted by Crippen LogP contribution is 2.28. The number of allylic oxidation sites excluding steroid dienone is 1. The van der Waals surface area contributed by atoms with Gasteiger partial charge in [0, 0.05) is 41.5 Å². The summed E-state index contributed by atoms with van der Waals surface area (Å²) < 4.78 is 7.77. The average Bonchev–Trinajstić information content (AvgIpc) is 3.22. The fraction of sp³-hybridized carbons (Fsp3) is 0.273. The van der Waals surface area contributed by atoms with Gasteiger partial charge in [-0.25, -0.2) is 4.68 Å². The van der Waals surface area contributed by atoms with Crippen molar-refractivity contribution in [3.05, 3.63) is 75.4 Å². The van der Waals surface area contributed by atoms with E-state index in [2.05, 4.69) is 10.4 Å². The molecule has 0 spiro atoms. The van der Waals surface area contributed by atoms with Crippen molar-refractivity contribution in [3.8, 4) is 0 Å². The van der Waals surface area contributed by atoms with E-state index in [0.29, 0.717) is 5.03 Å². The molecule has 0 amide bonds. The normalized spacial score (nSPS) is 16.9. The van der Waals surface area contributed by atoms with Gasteiger partial charge in [-0.1, -0.05) is 12.1 Å². The highest BCUT2D eigenvalue weighted by Gasteiger charge is 2.18. The van der Waals surface area contributed by atoms with Crippen LogP contribution >= 0.6 is 11.8 Å². The van der Waals surface area contributed by atoms with Crippen molar-refractivity contribution in [3.63, 3.8) is 0 Å². The maximum Gasteiger partial charge on any atom is 0.270 e. The van der Waals surface area contributed by atoms with E-state index in [1.54, 1.807) is 6.07 Å². The Labute approximate surface area is 183 Å². The number of rotatable bonds is 7. The van der Waals surface area contributed by atoms with E-state index in [-0.39, 0.29) is 23.3 Å². The predicted octanol–water partition coefficient (Wildman–Crippen LogP) is 5.14. The molecule has 160 valence electrons. The number of fused-ring (bicyclic) bond motifs is 1. The molecular weight excluding hydrogens is 416 g/mol. The number of benzene rings is 2. The number of ether oxygens (including phenoxy) is 1. The topological polar surface area (TPSA) is 99.3 Å². The lowest BCUT2D eigenvalue weighted by atomic mass is 10.1. The van der Waals surface area contributed by atoms with Crippen LogP contribution in [0.2, 0.25) is 0 Å². The predicted molar refractivity (Wildman–Crippen MR) is 121 cm³/mol. The highest BCUT2D eigenvalue weighted by atomic mass is 32.2. The quantitative estimate of drug-likeness (QED) is 0.236. The molecule has 1 aliphatic heterocycles. The van der Waals surface area contributed by atoms with Gasteiger partial charge in [0.25, 0.3) is 5.69 Å². The average molecular weight is 439 g/mol. The number of anilines is 1. The summed E-state index contributed by atoms with van der Waals surface area (Å²) in [7, 11) is 0. The van der Waals surface area contributed by atoms with Gasteiger partial charge in [-0.15, -0.1) is 11.8 Å². The van der Waals surface area contributed by atoms with Crippen LogP contribution < -0.4 is 5.32 Å². The van der Waals surface area contributed by atoms with Crippen LogP contribution in [0.4, 0.5) is 11.4 Å². The summed E-state index contributed by atoms with van der Waals surface area (Å²) in [6.45, 7) is 0.756. The third-order valence-electron chi connectivity index (χ3n) is 5.12. The SMILES string of the molecule is CSC(=CC(=O)c1cccc([N+](=O)[O-])c1)Nc1ccc2c(cnn2C2CCCCO2)c1. The lowest BCUT2D eigenvalue weighted by Gasteiger charge is -2.23. The van der Waals surface area contributed by atoms with Crippen LogP contribution in [0.25, 0.3) is 10.9 Å². The van der Waals surface area contributed by atoms with Gasteiger partial charge in [-0.2, -0.15) is 5.10 Å². The van der Waals surface area contributed by atoms with Gasteiger partial charge < -0.3 is 10.1 Å². The maximum atomic E-state index is 12.6. The number of hydrogen-bond donors (Lipinski definition) is 1. The number of nitro groups is 1. The molecule has 4 rings (SSSR count). The number of carbonyl (C=O) groups excluding carboxylic acids is 1. The van der Waals surface area contributed by atoms with Gasteiger partial charge >= 0.3 is 0 Å². The number of carbonyl (C=O) groups is 1. The first-order valence-corrected chi connectivity index (χ1v) is 11.2. The van der Waals surface area contributed by atoms with E-state index in [1.165, 1.54) is 36.0 Å². The lowest BCUT2D eigenvalue weighted by Crippen LogP contribution is -2.18. The fourth-order valence-corrected chi connectivity index (χ4v) is 3.99. The molecule has 3 aromatic rings. The number of nitrogens with one attached hydrogen (secondary N) is 1. The minimum Gasteiger partial charge on any atom is -0.356 e. The molecule has 1 saturated heterocycles. The number of ketones is 1. The third-order valence-corrected chi connectivity index (χ3v) is 5.77. The molecule has 1 fully saturated rings. The number of aromatic nitrogens is 2. The molecule has 1 aliphatic rings. The minimum absolute atomic E-state index is 0.0285. The van der Waals surface area contributed by atoms with Gasteiger partial charge in [0.15, 0.2) is 12.0 Å². The summed E-state index contributed by atoms with van der Waals surface area (Å²) in [5.74, 6) is -0.302. The van der Waals surface area contributed by atoms with Crippen molar-refractivity contribution in [2.45, 2.75) is 25.5 Å². The molecule has 2 aromatic carbocycles. The summed E-state index contributed by atoms with van der Waals surface area (Å²) >= 11 is 1.39. The van der Waals surface area contributed by atoms with Crippen molar-refractivity contribution in [2.75, 3.05) is 18.2 Å². The smallest absolute Gasteiger partial charge is 0.270 e. The van der Waals surface area contributed by atoms with Gasteiger partial charge in [-0.05, 0) is 43.7 Å². The lowest BCUT2D eigenvalue weighted by molar-refractivity contribution is -0.384. The number of thioether (sulfide) groups is 1. The summed E-state index contributed by atoms with van der Waals surface area (Å²) in [6, 6.07) is 11.6. The Morgan fingerprint density at radius 3 is 2.94 bits per heavy atom. The first kappa shape index (κ1) is 21.1. The van der Waals surface area contributed by atoms with E-state index >= 15 is 0 Å². The fourth-order valence-electron chi connectivity index (χ4n) is 3.54. The van der Waals surface area contributed by atoms with Crippen LogP contribution in [0, 0.1) is 10.1 Å². The van der Waals surface area contributed by atoms with Gasteiger partial charge in [0.2, 0.25) is 0 Å². The molecule has 0 bridgehead atoms. The van der Waals surface area contributed by atoms with Crippen LogP contribution in [0.3, 0.4) is 0 Å². The first-order valence-electron chi connectivity index (χ1n) is 9.95. The van der Waals surface area contributed by atoms with Crippen molar-refractivity contribution in [1.29, 1.82) is 0 Å². The summed E-state index contributed by atoms with van der Waals surface area (Å²) in [5, 5.41) is 20.3. The molecular formula is C22H22N4O4S. The van der Waals surface area contributed by atoms with Crippen molar-refractivity contribution >= 4 is 39.8 Å². The number of nitro benzene ring substituents is 1. The Bertz CT molecular complexity index is 1150. The summed E-state index contributed by atoms with van der Waals surface area (Å²) in [4.78, 5) is 23.0. The summed E-state index contributed by atoms with van der Waals surface area (Å²) in [6.07, 6.45) is 8.27. The van der Waals surface area contributed by atoms with Crippen LogP contribution in [-0.4, -0.2) is 33.3 Å². The second-order valence-electron chi connectivity index (χ2n) is 7.19. The second kappa shape index (κ2) is 9.32. The van der Waals surface area contributed by atoms with E-state index in [0.717, 1.165) is 42.5 Å². The second-order valence-corrected chi connectivity index (χ2v) is 8.04. The standard InChI is InChI=1S/C22H22N4O4S/c1-31-21(13-20(27)15-5-4-6-18(12-15)26(28)29)24-17-8-9-19-16(11-17)14-23-25(19)22-7-2-3-10-30-22/h4-6,8-9,11-14,22,24H,2-3,7,10H2,1H3. The molecule has 0 radical (unpaired) electrons. The van der Waals surface area contributed by atoms with Crippen LogP contribution in [0.1, 0.15) is 35.8 Å². The molecule has 2 heterocycles. The van der Waals surface area contributed by atoms with E-state index < -0.39 is 4.92 Å². The molecule has 9 heteroatoms. The number of hydrogen-bond acceptors (Lipinski definition) is 7. The van der Waals surface area contributed by atoms with Crippen LogP contribution in [0.15, 0.2) is 59.8 Å². The van der Waals surface area contributed by atoms with E-state index in [4.69, 9.17) is 4.74 Å². The van der Waals surface area contributed by atoms with Crippen molar-refractivity contribution in [1.82, 2.24) is 9.78 Å². The molecule has 1 unspecified atom stereocenters. The Hall–Kier alpha value is -3.17. The molecule has 31 heavy (non-hydrogen) atoms. The maximum absolute atomic E-state index is 12.6. The zero-order chi connectivity index (χ0) is 21.8. The van der Waals surface area contributed by atoms with Gasteiger partial charge in [-0.3, -0.25) is 14.9 Å². The molecule has 1 aromatic heterocycles. The van der Waals surface area contributed by atoms with Crippen LogP contribution in [-0.2, 0) is 4.74 Å². The minimum atomic E-state index is -0.512. The Morgan fingerprint density at radius 2 is 2.19 bits per heavy atom. The molecule has 1 N–H and O–H groups in total. The van der Waals surface area contributed by atoms with Crippen LogP contribution in [0.5, 0.6) is 0 Å². The number of nitrogens with zero attached hydrogens (tertiary/aromatic N) is 3. The van der Waals surface area contributed by atoms with Gasteiger partial charge in [0.05, 0.1) is 21.7 Å². The Balaban J connectivity index is 1.53. The molecule has 0 saturated carbocycles.